The Morgan fingerprint density at radius 3 is 2.76 bits per heavy atom. The van der Waals surface area contributed by atoms with E-state index in [0.29, 0.717) is 5.92 Å². The molecule has 1 N–H and O–H groups in total. The zero-order chi connectivity index (χ0) is 12.6. The minimum atomic E-state index is -0.645. The van der Waals surface area contributed by atoms with Gasteiger partial charge < -0.3 is 14.7 Å². The fraction of sp³-hybridized carbons (Fsp3) is 0.571. The van der Waals surface area contributed by atoms with E-state index in [1.165, 1.54) is 11.3 Å². The van der Waals surface area contributed by atoms with Crippen molar-refractivity contribution in [1.29, 1.82) is 0 Å². The van der Waals surface area contributed by atoms with Crippen molar-refractivity contribution in [2.45, 2.75) is 31.8 Å². The summed E-state index contributed by atoms with van der Waals surface area (Å²) in [5.74, 6) is 1.27. The van der Waals surface area contributed by atoms with Crippen LogP contribution in [-0.4, -0.2) is 31.4 Å². The Labute approximate surface area is 103 Å². The van der Waals surface area contributed by atoms with Gasteiger partial charge in [-0.1, -0.05) is 6.07 Å². The van der Waals surface area contributed by atoms with Crippen LogP contribution in [0.5, 0.6) is 5.75 Å². The van der Waals surface area contributed by atoms with Crippen molar-refractivity contribution in [1.82, 2.24) is 0 Å². The first-order chi connectivity index (χ1) is 7.92. The molecule has 1 aromatic rings. The van der Waals surface area contributed by atoms with Gasteiger partial charge in [-0.2, -0.15) is 0 Å². The van der Waals surface area contributed by atoms with Crippen LogP contribution in [0.4, 0.5) is 5.69 Å². The van der Waals surface area contributed by atoms with Gasteiger partial charge in [0.05, 0.1) is 12.7 Å². The summed E-state index contributed by atoms with van der Waals surface area (Å²) in [5.41, 5.74) is 1.81. The van der Waals surface area contributed by atoms with Crippen molar-refractivity contribution in [2.75, 3.05) is 25.6 Å². The minimum absolute atomic E-state index is 0.339. The van der Waals surface area contributed by atoms with E-state index in [2.05, 4.69) is 18.0 Å². The number of rotatable bonds is 3. The van der Waals surface area contributed by atoms with Crippen LogP contribution in [0.1, 0.15) is 31.7 Å². The normalized spacial score (nSPS) is 19.4. The summed E-state index contributed by atoms with van der Waals surface area (Å²) < 4.78 is 5.44. The number of ether oxygens (including phenoxy) is 1. The third-order valence-corrected chi connectivity index (χ3v) is 3.32. The van der Waals surface area contributed by atoms with Gasteiger partial charge in [-0.05, 0) is 32.4 Å². The number of hydrogen-bond donors (Lipinski definition) is 1. The summed E-state index contributed by atoms with van der Waals surface area (Å²) in [6.45, 7) is 4.67. The Kier molecular flexibility index (Phi) is 3.04. The highest BCUT2D eigenvalue weighted by molar-refractivity contribution is 5.65. The molecule has 0 saturated heterocycles. The minimum Gasteiger partial charge on any atom is -0.496 e. The largest absolute Gasteiger partial charge is 0.496 e. The first-order valence-electron chi connectivity index (χ1n) is 6.03. The molecule has 0 bridgehead atoms. The van der Waals surface area contributed by atoms with Crippen LogP contribution in [-0.2, 0) is 0 Å². The van der Waals surface area contributed by atoms with Gasteiger partial charge in [0.25, 0.3) is 0 Å². The van der Waals surface area contributed by atoms with E-state index in [1.807, 2.05) is 26.0 Å². The van der Waals surface area contributed by atoms with Crippen LogP contribution in [0.15, 0.2) is 18.2 Å². The fourth-order valence-corrected chi connectivity index (χ4v) is 2.74. The lowest BCUT2D eigenvalue weighted by molar-refractivity contribution is 0.0643. The Morgan fingerprint density at radius 2 is 2.18 bits per heavy atom. The number of likely N-dealkylation sites (N-methyl/N-ethyl adjacent to an activating group) is 1. The van der Waals surface area contributed by atoms with E-state index in [0.717, 1.165) is 18.7 Å². The van der Waals surface area contributed by atoms with Crippen LogP contribution in [0, 0.1) is 0 Å². The molecule has 1 aliphatic heterocycles. The fourth-order valence-electron chi connectivity index (χ4n) is 2.74. The summed E-state index contributed by atoms with van der Waals surface area (Å²) in [5, 5.41) is 9.99. The second-order valence-corrected chi connectivity index (χ2v) is 5.49. The molecule has 0 fully saturated rings. The van der Waals surface area contributed by atoms with Gasteiger partial charge in [-0.15, -0.1) is 0 Å². The van der Waals surface area contributed by atoms with Crippen LogP contribution in [0.2, 0.25) is 0 Å². The number of methoxy groups -OCH3 is 1. The standard InChI is InChI=1S/C14H21NO2/c1-14(2,16)8-10-9-15(3)11-6-5-7-12(17-4)13(10)11/h5-7,10,16H,8-9H2,1-4H3. The van der Waals surface area contributed by atoms with Crippen molar-refractivity contribution in [2.24, 2.45) is 0 Å². The smallest absolute Gasteiger partial charge is 0.124 e. The number of fused-ring (bicyclic) bond motifs is 1. The van der Waals surface area contributed by atoms with E-state index < -0.39 is 5.60 Å². The molecule has 0 amide bonds. The van der Waals surface area contributed by atoms with Gasteiger partial charge in [-0.25, -0.2) is 0 Å². The number of aliphatic hydroxyl groups is 1. The van der Waals surface area contributed by atoms with Crippen LogP contribution in [0.3, 0.4) is 0 Å². The van der Waals surface area contributed by atoms with E-state index in [1.54, 1.807) is 7.11 Å². The van der Waals surface area contributed by atoms with Crippen LogP contribution < -0.4 is 9.64 Å². The maximum Gasteiger partial charge on any atom is 0.124 e. The predicted molar refractivity (Wildman–Crippen MR) is 69.9 cm³/mol. The quantitative estimate of drug-likeness (QED) is 0.873. The molecule has 0 saturated carbocycles. The first kappa shape index (κ1) is 12.2. The SMILES string of the molecule is COc1cccc2c1C(CC(C)(C)O)CN2C. The molecular formula is C14H21NO2. The zero-order valence-corrected chi connectivity index (χ0v) is 11.0. The molecule has 0 aromatic heterocycles. The van der Waals surface area contributed by atoms with Gasteiger partial charge in [0.15, 0.2) is 0 Å². The van der Waals surface area contributed by atoms with Crippen LogP contribution in [0.25, 0.3) is 0 Å². The molecule has 1 aromatic carbocycles. The second kappa shape index (κ2) is 4.22. The zero-order valence-electron chi connectivity index (χ0n) is 11.0. The highest BCUT2D eigenvalue weighted by Gasteiger charge is 2.33. The lowest BCUT2D eigenvalue weighted by atomic mass is 9.89. The predicted octanol–water partition coefficient (Wildman–Crippen LogP) is 2.39. The summed E-state index contributed by atoms with van der Waals surface area (Å²) >= 11 is 0. The highest BCUT2D eigenvalue weighted by atomic mass is 16.5. The van der Waals surface area contributed by atoms with Crippen molar-refractivity contribution >= 4 is 5.69 Å². The molecule has 17 heavy (non-hydrogen) atoms. The van der Waals surface area contributed by atoms with Crippen LogP contribution >= 0.6 is 0 Å². The summed E-state index contributed by atoms with van der Waals surface area (Å²) in [6.07, 6.45) is 0.755. The molecule has 0 radical (unpaired) electrons. The van der Waals surface area contributed by atoms with E-state index >= 15 is 0 Å². The topological polar surface area (TPSA) is 32.7 Å². The second-order valence-electron chi connectivity index (χ2n) is 5.49. The van der Waals surface area contributed by atoms with Gasteiger partial charge in [0.1, 0.15) is 5.75 Å². The van der Waals surface area contributed by atoms with E-state index in [9.17, 15) is 5.11 Å². The Balaban J connectivity index is 2.38. The molecule has 3 nitrogen and oxygen atoms in total. The molecule has 94 valence electrons. The molecular weight excluding hydrogens is 214 g/mol. The summed E-state index contributed by atoms with van der Waals surface area (Å²) in [7, 11) is 3.79. The maximum atomic E-state index is 9.99. The molecule has 0 aliphatic carbocycles. The molecule has 1 heterocycles. The highest BCUT2D eigenvalue weighted by Crippen LogP contribution is 2.44. The van der Waals surface area contributed by atoms with E-state index in [-0.39, 0.29) is 0 Å². The van der Waals surface area contributed by atoms with Gasteiger partial charge in [0, 0.05) is 30.8 Å². The average Bonchev–Trinajstić information content (AvgIpc) is 2.53. The molecule has 2 rings (SSSR count). The number of benzene rings is 1. The van der Waals surface area contributed by atoms with Gasteiger partial charge >= 0.3 is 0 Å². The Hall–Kier alpha value is -1.22. The molecule has 3 heteroatoms. The molecule has 0 spiro atoms. The van der Waals surface area contributed by atoms with Gasteiger partial charge in [-0.3, -0.25) is 0 Å². The monoisotopic (exact) mass is 235 g/mol. The Morgan fingerprint density at radius 1 is 1.47 bits per heavy atom. The van der Waals surface area contributed by atoms with Crippen molar-refractivity contribution in [3.8, 4) is 5.75 Å². The lowest BCUT2D eigenvalue weighted by Gasteiger charge is -2.23. The Bertz CT molecular complexity index is 409. The van der Waals surface area contributed by atoms with Crippen molar-refractivity contribution in [3.05, 3.63) is 23.8 Å². The first-order valence-corrected chi connectivity index (χ1v) is 6.03. The average molecular weight is 235 g/mol. The number of anilines is 1. The van der Waals surface area contributed by atoms with Gasteiger partial charge in [0.2, 0.25) is 0 Å². The summed E-state index contributed by atoms with van der Waals surface area (Å²) in [6, 6.07) is 6.12. The maximum absolute atomic E-state index is 9.99. The summed E-state index contributed by atoms with van der Waals surface area (Å²) in [4.78, 5) is 2.23. The molecule has 1 atom stereocenters. The molecule has 1 unspecified atom stereocenters. The lowest BCUT2D eigenvalue weighted by Crippen LogP contribution is -2.25. The third-order valence-electron chi connectivity index (χ3n) is 3.32. The molecule has 1 aliphatic rings. The number of hydrogen-bond acceptors (Lipinski definition) is 3. The number of nitrogens with zero attached hydrogens (tertiary/aromatic N) is 1. The third kappa shape index (κ3) is 2.39. The van der Waals surface area contributed by atoms with Crippen molar-refractivity contribution in [3.63, 3.8) is 0 Å². The van der Waals surface area contributed by atoms with Crippen molar-refractivity contribution < 1.29 is 9.84 Å². The van der Waals surface area contributed by atoms with E-state index in [4.69, 9.17) is 4.74 Å².